The van der Waals surface area contributed by atoms with Crippen molar-refractivity contribution < 1.29 is 0 Å². The quantitative estimate of drug-likeness (QED) is 0.827. The average molecular weight is 276 g/mol. The van der Waals surface area contributed by atoms with E-state index in [1.165, 1.54) is 24.8 Å². The molecular weight excluding hydrogens is 252 g/mol. The van der Waals surface area contributed by atoms with E-state index in [4.69, 9.17) is 12.2 Å². The van der Waals surface area contributed by atoms with E-state index in [9.17, 15) is 0 Å². The Kier molecular flexibility index (Phi) is 5.20. The van der Waals surface area contributed by atoms with Gasteiger partial charge in [0.25, 0.3) is 0 Å². The van der Waals surface area contributed by atoms with Gasteiger partial charge in [-0.15, -0.1) is 0 Å². The molecule has 0 aliphatic heterocycles. The first-order valence-corrected chi connectivity index (χ1v) is 7.66. The summed E-state index contributed by atoms with van der Waals surface area (Å²) in [6.07, 6.45) is 3.90. The molecule has 1 aliphatic rings. The van der Waals surface area contributed by atoms with E-state index in [0.717, 1.165) is 17.6 Å². The van der Waals surface area contributed by atoms with Crippen molar-refractivity contribution in [2.24, 2.45) is 11.8 Å². The zero-order valence-corrected chi connectivity index (χ0v) is 12.7. The first-order valence-electron chi connectivity index (χ1n) is 7.25. The topological polar surface area (TPSA) is 24.1 Å². The summed E-state index contributed by atoms with van der Waals surface area (Å²) in [4.78, 5) is 0. The molecule has 0 radical (unpaired) electrons. The molecule has 104 valence electrons. The normalized spacial score (nSPS) is 26.7. The summed E-state index contributed by atoms with van der Waals surface area (Å²) in [5, 5.41) is 7.58. The van der Waals surface area contributed by atoms with Crippen molar-refractivity contribution in [2.45, 2.75) is 45.7 Å². The highest BCUT2D eigenvalue weighted by Gasteiger charge is 2.27. The number of thiocarbonyl (C=S) groups is 1. The van der Waals surface area contributed by atoms with Gasteiger partial charge in [-0.2, -0.15) is 0 Å². The molecule has 0 saturated heterocycles. The number of hydrogen-bond acceptors (Lipinski definition) is 1. The van der Waals surface area contributed by atoms with Gasteiger partial charge in [0, 0.05) is 12.6 Å². The number of benzene rings is 1. The van der Waals surface area contributed by atoms with Crippen molar-refractivity contribution in [3.8, 4) is 0 Å². The highest BCUT2D eigenvalue weighted by Crippen LogP contribution is 2.29. The zero-order chi connectivity index (χ0) is 13.7. The molecule has 0 unspecified atom stereocenters. The van der Waals surface area contributed by atoms with Crippen LogP contribution in [-0.4, -0.2) is 11.2 Å². The lowest BCUT2D eigenvalue weighted by Gasteiger charge is -2.35. The molecule has 1 aromatic carbocycles. The first-order chi connectivity index (χ1) is 9.16. The maximum atomic E-state index is 5.40. The molecule has 0 aromatic heterocycles. The predicted molar refractivity (Wildman–Crippen MR) is 85.0 cm³/mol. The van der Waals surface area contributed by atoms with Gasteiger partial charge in [0.15, 0.2) is 5.11 Å². The van der Waals surface area contributed by atoms with E-state index in [1.54, 1.807) is 0 Å². The van der Waals surface area contributed by atoms with Crippen LogP contribution in [0.1, 0.15) is 38.7 Å². The molecule has 1 saturated carbocycles. The van der Waals surface area contributed by atoms with Crippen LogP contribution in [0.2, 0.25) is 0 Å². The lowest BCUT2D eigenvalue weighted by Crippen LogP contribution is -2.47. The van der Waals surface area contributed by atoms with Gasteiger partial charge in [0.1, 0.15) is 0 Å². The van der Waals surface area contributed by atoms with Crippen LogP contribution in [-0.2, 0) is 6.54 Å². The number of hydrogen-bond donors (Lipinski definition) is 2. The highest BCUT2D eigenvalue weighted by atomic mass is 32.1. The Labute approximate surface area is 122 Å². The van der Waals surface area contributed by atoms with Crippen molar-refractivity contribution in [1.29, 1.82) is 0 Å². The van der Waals surface area contributed by atoms with Gasteiger partial charge in [0.2, 0.25) is 0 Å². The van der Waals surface area contributed by atoms with Gasteiger partial charge in [-0.25, -0.2) is 0 Å². The molecule has 19 heavy (non-hydrogen) atoms. The molecule has 0 spiro atoms. The molecule has 1 aliphatic carbocycles. The lowest BCUT2D eigenvalue weighted by atomic mass is 9.78. The molecule has 3 atom stereocenters. The summed E-state index contributed by atoms with van der Waals surface area (Å²) in [6, 6.07) is 10.9. The molecule has 2 N–H and O–H groups in total. The SMILES string of the molecule is C[C@@H]1[C@H](C)CCC[C@@H]1NC(=S)NCc1ccccc1. The smallest absolute Gasteiger partial charge is 0.166 e. The third-order valence-corrected chi connectivity index (χ3v) is 4.58. The average Bonchev–Trinajstić information content (AvgIpc) is 2.43. The zero-order valence-electron chi connectivity index (χ0n) is 11.9. The molecule has 2 rings (SSSR count). The molecule has 0 amide bonds. The first kappa shape index (κ1) is 14.3. The van der Waals surface area contributed by atoms with Crippen LogP contribution in [0, 0.1) is 11.8 Å². The Balaban J connectivity index is 1.78. The van der Waals surface area contributed by atoms with Gasteiger partial charge in [-0.1, -0.05) is 57.0 Å². The second-order valence-electron chi connectivity index (χ2n) is 5.69. The Morgan fingerprint density at radius 1 is 1.21 bits per heavy atom. The van der Waals surface area contributed by atoms with E-state index in [2.05, 4.69) is 48.7 Å². The second-order valence-corrected chi connectivity index (χ2v) is 6.09. The molecule has 0 heterocycles. The summed E-state index contributed by atoms with van der Waals surface area (Å²) < 4.78 is 0. The van der Waals surface area contributed by atoms with E-state index in [1.807, 2.05) is 6.07 Å². The molecule has 3 heteroatoms. The van der Waals surface area contributed by atoms with Crippen LogP contribution in [0.5, 0.6) is 0 Å². The fourth-order valence-electron chi connectivity index (χ4n) is 2.78. The standard InChI is InChI=1S/C16H24N2S/c1-12-7-6-10-15(13(12)2)18-16(19)17-11-14-8-4-3-5-9-14/h3-5,8-9,12-13,15H,6-7,10-11H2,1-2H3,(H2,17,18,19)/t12-,13-,15+/m1/s1. The van der Waals surface area contributed by atoms with Gasteiger partial charge >= 0.3 is 0 Å². The summed E-state index contributed by atoms with van der Waals surface area (Å²) >= 11 is 5.40. The monoisotopic (exact) mass is 276 g/mol. The van der Waals surface area contributed by atoms with Crippen molar-refractivity contribution in [2.75, 3.05) is 0 Å². The van der Waals surface area contributed by atoms with E-state index in [0.29, 0.717) is 12.0 Å². The molecular formula is C16H24N2S. The minimum absolute atomic E-state index is 0.527. The van der Waals surface area contributed by atoms with Gasteiger partial charge in [0.05, 0.1) is 0 Å². The summed E-state index contributed by atoms with van der Waals surface area (Å²) in [5.41, 5.74) is 1.26. The van der Waals surface area contributed by atoms with Crippen LogP contribution < -0.4 is 10.6 Å². The largest absolute Gasteiger partial charge is 0.360 e. The Hall–Kier alpha value is -1.09. The van der Waals surface area contributed by atoms with Crippen molar-refractivity contribution >= 4 is 17.3 Å². The number of nitrogens with one attached hydrogen (secondary N) is 2. The van der Waals surface area contributed by atoms with Crippen LogP contribution in [0.15, 0.2) is 30.3 Å². The van der Waals surface area contributed by atoms with E-state index >= 15 is 0 Å². The second kappa shape index (κ2) is 6.90. The summed E-state index contributed by atoms with van der Waals surface area (Å²) in [6.45, 7) is 5.48. The highest BCUT2D eigenvalue weighted by molar-refractivity contribution is 7.80. The molecule has 1 fully saturated rings. The van der Waals surface area contributed by atoms with Crippen LogP contribution in [0.4, 0.5) is 0 Å². The predicted octanol–water partition coefficient (Wildman–Crippen LogP) is 3.48. The van der Waals surface area contributed by atoms with Crippen molar-refractivity contribution in [3.05, 3.63) is 35.9 Å². The summed E-state index contributed by atoms with van der Waals surface area (Å²) in [7, 11) is 0. The molecule has 1 aromatic rings. The molecule has 2 nitrogen and oxygen atoms in total. The van der Waals surface area contributed by atoms with Crippen molar-refractivity contribution in [3.63, 3.8) is 0 Å². The van der Waals surface area contributed by atoms with Crippen molar-refractivity contribution in [1.82, 2.24) is 10.6 Å². The van der Waals surface area contributed by atoms with Crippen LogP contribution >= 0.6 is 12.2 Å². The summed E-state index contributed by atoms with van der Waals surface area (Å²) in [5.74, 6) is 1.49. The fourth-order valence-corrected chi connectivity index (χ4v) is 3.01. The maximum Gasteiger partial charge on any atom is 0.166 e. The Bertz CT molecular complexity index is 404. The third-order valence-electron chi connectivity index (χ3n) is 4.32. The van der Waals surface area contributed by atoms with Crippen LogP contribution in [0.25, 0.3) is 0 Å². The van der Waals surface area contributed by atoms with E-state index < -0.39 is 0 Å². The van der Waals surface area contributed by atoms with Gasteiger partial charge < -0.3 is 10.6 Å². The molecule has 0 bridgehead atoms. The third kappa shape index (κ3) is 4.20. The van der Waals surface area contributed by atoms with Gasteiger partial charge in [-0.3, -0.25) is 0 Å². The van der Waals surface area contributed by atoms with E-state index in [-0.39, 0.29) is 0 Å². The van der Waals surface area contributed by atoms with Crippen LogP contribution in [0.3, 0.4) is 0 Å². The number of rotatable bonds is 3. The lowest BCUT2D eigenvalue weighted by molar-refractivity contribution is 0.224. The Morgan fingerprint density at radius 3 is 2.68 bits per heavy atom. The maximum absolute atomic E-state index is 5.40. The Morgan fingerprint density at radius 2 is 1.95 bits per heavy atom. The minimum Gasteiger partial charge on any atom is -0.360 e. The van der Waals surface area contributed by atoms with Gasteiger partial charge in [-0.05, 0) is 36.0 Å². The minimum atomic E-state index is 0.527. The fraction of sp³-hybridized carbons (Fsp3) is 0.562.